The Hall–Kier alpha value is -2.90. The fourth-order valence-electron chi connectivity index (χ4n) is 1.96. The second-order valence-corrected chi connectivity index (χ2v) is 4.49. The molecule has 116 valence electrons. The van der Waals surface area contributed by atoms with Gasteiger partial charge in [-0.2, -0.15) is 0 Å². The van der Waals surface area contributed by atoms with E-state index in [0.29, 0.717) is 5.82 Å². The number of amides is 1. The molecule has 8 heteroatoms. The number of nitrogens with two attached hydrogens (primary N) is 1. The van der Waals surface area contributed by atoms with Crippen LogP contribution in [0.25, 0.3) is 0 Å². The van der Waals surface area contributed by atoms with Crippen LogP contribution in [0.5, 0.6) is 0 Å². The molecule has 0 fully saturated rings. The van der Waals surface area contributed by atoms with Crippen LogP contribution in [0.1, 0.15) is 39.1 Å². The van der Waals surface area contributed by atoms with Crippen LogP contribution >= 0.6 is 0 Å². The molecule has 2 aromatic heterocycles. The number of esters is 1. The molecule has 0 saturated heterocycles. The highest BCUT2D eigenvalue weighted by Crippen LogP contribution is 2.29. The van der Waals surface area contributed by atoms with E-state index < -0.39 is 11.9 Å². The Morgan fingerprint density at radius 3 is 2.64 bits per heavy atom. The summed E-state index contributed by atoms with van der Waals surface area (Å²) >= 11 is 0. The minimum atomic E-state index is -0.798. The minimum Gasteiger partial charge on any atom is -0.462 e. The van der Waals surface area contributed by atoms with E-state index in [1.807, 2.05) is 0 Å². The number of carbonyl (C=O) groups excluding carboxylic acids is 2. The molecule has 2 aromatic rings. The number of carbonyl (C=O) groups is 2. The Morgan fingerprint density at radius 2 is 2.05 bits per heavy atom. The summed E-state index contributed by atoms with van der Waals surface area (Å²) in [6.07, 6.45) is 1.36. The second-order valence-electron chi connectivity index (χ2n) is 4.49. The molecule has 0 aliphatic carbocycles. The van der Waals surface area contributed by atoms with Gasteiger partial charge < -0.3 is 20.2 Å². The third-order valence-corrected chi connectivity index (χ3v) is 2.86. The molecule has 1 amide bonds. The zero-order chi connectivity index (χ0) is 16.3. The summed E-state index contributed by atoms with van der Waals surface area (Å²) in [4.78, 5) is 31.6. The van der Waals surface area contributed by atoms with E-state index >= 15 is 0 Å². The lowest BCUT2D eigenvalue weighted by Crippen LogP contribution is -2.18. The molecule has 8 nitrogen and oxygen atoms in total. The zero-order valence-corrected chi connectivity index (χ0v) is 12.5. The first-order valence-corrected chi connectivity index (χ1v) is 6.60. The second kappa shape index (κ2) is 6.25. The predicted octanol–water partition coefficient (Wildman–Crippen LogP) is 1.71. The Balaban J connectivity index is 2.46. The van der Waals surface area contributed by atoms with Gasteiger partial charge in [0, 0.05) is 11.8 Å². The van der Waals surface area contributed by atoms with Gasteiger partial charge in [-0.1, -0.05) is 0 Å². The van der Waals surface area contributed by atoms with Crippen molar-refractivity contribution in [3.8, 4) is 0 Å². The maximum Gasteiger partial charge on any atom is 0.342 e. The van der Waals surface area contributed by atoms with E-state index in [-0.39, 0.29) is 29.4 Å². The van der Waals surface area contributed by atoms with Crippen LogP contribution in [0, 0.1) is 13.8 Å². The molecule has 22 heavy (non-hydrogen) atoms. The van der Waals surface area contributed by atoms with Gasteiger partial charge in [-0.15, -0.1) is 0 Å². The Bertz CT molecular complexity index is 724. The van der Waals surface area contributed by atoms with Gasteiger partial charge in [-0.05, 0) is 20.8 Å². The van der Waals surface area contributed by atoms with Crippen LogP contribution in [0.15, 0.2) is 16.8 Å². The van der Waals surface area contributed by atoms with Gasteiger partial charge in [-0.3, -0.25) is 4.79 Å². The summed E-state index contributed by atoms with van der Waals surface area (Å²) in [5, 5.41) is 2.83. The highest BCUT2D eigenvalue weighted by atomic mass is 16.5. The molecule has 0 unspecified atom stereocenters. The lowest BCUT2D eigenvalue weighted by molar-refractivity contribution is 0.0521. The normalized spacial score (nSPS) is 10.3. The molecule has 0 aliphatic rings. The van der Waals surface area contributed by atoms with Crippen molar-refractivity contribution < 1.29 is 18.7 Å². The van der Waals surface area contributed by atoms with Crippen LogP contribution in [-0.4, -0.2) is 28.5 Å². The first-order valence-electron chi connectivity index (χ1n) is 6.60. The molecular weight excluding hydrogens is 288 g/mol. The van der Waals surface area contributed by atoms with Crippen molar-refractivity contribution in [3.63, 3.8) is 0 Å². The van der Waals surface area contributed by atoms with Gasteiger partial charge >= 0.3 is 5.97 Å². The number of ether oxygens (including phenoxy) is 1. The average molecular weight is 304 g/mol. The number of hydrogen-bond acceptors (Lipinski definition) is 7. The van der Waals surface area contributed by atoms with Crippen LogP contribution < -0.4 is 11.1 Å². The van der Waals surface area contributed by atoms with E-state index in [1.54, 1.807) is 26.8 Å². The van der Waals surface area contributed by atoms with E-state index in [2.05, 4.69) is 15.3 Å². The van der Waals surface area contributed by atoms with Gasteiger partial charge in [0.25, 0.3) is 5.91 Å². The van der Waals surface area contributed by atoms with Crippen LogP contribution in [0.2, 0.25) is 0 Å². The van der Waals surface area contributed by atoms with Crippen LogP contribution in [0.3, 0.4) is 0 Å². The Morgan fingerprint density at radius 1 is 1.32 bits per heavy atom. The smallest absolute Gasteiger partial charge is 0.342 e. The van der Waals surface area contributed by atoms with Gasteiger partial charge in [0.1, 0.15) is 29.0 Å². The lowest BCUT2D eigenvalue weighted by atomic mass is 10.1. The van der Waals surface area contributed by atoms with Crippen molar-refractivity contribution in [2.24, 2.45) is 5.73 Å². The maximum atomic E-state index is 12.0. The summed E-state index contributed by atoms with van der Waals surface area (Å²) in [7, 11) is 0. The molecule has 2 heterocycles. The van der Waals surface area contributed by atoms with Crippen molar-refractivity contribution in [2.45, 2.75) is 20.8 Å². The largest absolute Gasteiger partial charge is 0.462 e. The number of furan rings is 1. The molecule has 2 rings (SSSR count). The van der Waals surface area contributed by atoms with E-state index in [4.69, 9.17) is 14.9 Å². The van der Waals surface area contributed by atoms with Gasteiger partial charge in [-0.25, -0.2) is 14.8 Å². The number of primary amides is 1. The monoisotopic (exact) mass is 304 g/mol. The first-order chi connectivity index (χ1) is 10.4. The molecular formula is C14H16N4O4. The van der Waals surface area contributed by atoms with Crippen molar-refractivity contribution in [1.82, 2.24) is 9.97 Å². The van der Waals surface area contributed by atoms with Crippen molar-refractivity contribution >= 4 is 23.6 Å². The highest BCUT2D eigenvalue weighted by Gasteiger charge is 2.28. The molecule has 0 bridgehead atoms. The molecule has 0 aliphatic heterocycles. The number of hydrogen-bond donors (Lipinski definition) is 2. The summed E-state index contributed by atoms with van der Waals surface area (Å²) in [5.74, 6) is -0.761. The lowest BCUT2D eigenvalue weighted by Gasteiger charge is -2.05. The van der Waals surface area contributed by atoms with Crippen molar-refractivity contribution in [3.05, 3.63) is 35.0 Å². The molecule has 0 aromatic carbocycles. The van der Waals surface area contributed by atoms with Gasteiger partial charge in [0.15, 0.2) is 0 Å². The Kier molecular flexibility index (Phi) is 4.40. The fraction of sp³-hybridized carbons (Fsp3) is 0.286. The van der Waals surface area contributed by atoms with Crippen molar-refractivity contribution in [2.75, 3.05) is 11.9 Å². The molecule has 0 radical (unpaired) electrons. The highest BCUT2D eigenvalue weighted by molar-refractivity contribution is 6.09. The number of aryl methyl sites for hydroxylation is 2. The third-order valence-electron chi connectivity index (χ3n) is 2.86. The fourth-order valence-corrected chi connectivity index (χ4v) is 1.96. The number of rotatable bonds is 5. The van der Waals surface area contributed by atoms with Crippen LogP contribution in [0.4, 0.5) is 11.7 Å². The first kappa shape index (κ1) is 15.5. The van der Waals surface area contributed by atoms with E-state index in [0.717, 1.165) is 5.69 Å². The summed E-state index contributed by atoms with van der Waals surface area (Å²) in [5.41, 5.74) is 6.05. The van der Waals surface area contributed by atoms with Crippen LogP contribution in [-0.2, 0) is 4.74 Å². The minimum absolute atomic E-state index is 0.0163. The number of anilines is 2. The van der Waals surface area contributed by atoms with E-state index in [9.17, 15) is 9.59 Å². The number of aromatic nitrogens is 2. The summed E-state index contributed by atoms with van der Waals surface area (Å²) in [6, 6.07) is 1.66. The standard InChI is InChI=1S/C14H16N4O4/c1-4-21-14(20)10-8(3)22-13(11(10)12(15)19)18-9-5-7(2)16-6-17-9/h5-6H,4H2,1-3H3,(H2,15,19)(H,16,17,18). The van der Waals surface area contributed by atoms with Gasteiger partial charge in [0.05, 0.1) is 6.61 Å². The molecule has 0 spiro atoms. The van der Waals surface area contributed by atoms with Crippen molar-refractivity contribution in [1.29, 1.82) is 0 Å². The topological polar surface area (TPSA) is 120 Å². The molecule has 3 N–H and O–H groups in total. The maximum absolute atomic E-state index is 12.0. The number of nitrogens with zero attached hydrogens (tertiary/aromatic N) is 2. The summed E-state index contributed by atoms with van der Waals surface area (Å²) < 4.78 is 10.4. The zero-order valence-electron chi connectivity index (χ0n) is 12.5. The van der Waals surface area contributed by atoms with E-state index in [1.165, 1.54) is 6.33 Å². The molecule has 0 saturated carbocycles. The third kappa shape index (κ3) is 3.05. The summed E-state index contributed by atoms with van der Waals surface area (Å²) in [6.45, 7) is 5.18. The predicted molar refractivity (Wildman–Crippen MR) is 78.0 cm³/mol. The quantitative estimate of drug-likeness (QED) is 0.806. The number of nitrogens with one attached hydrogen (secondary N) is 1. The SMILES string of the molecule is CCOC(=O)c1c(C)oc(Nc2cc(C)ncn2)c1C(N)=O. The Labute approximate surface area is 126 Å². The average Bonchev–Trinajstić information content (AvgIpc) is 2.75. The van der Waals surface area contributed by atoms with Gasteiger partial charge in [0.2, 0.25) is 5.88 Å². The molecule has 0 atom stereocenters.